The van der Waals surface area contributed by atoms with Crippen molar-refractivity contribution in [1.82, 2.24) is 15.2 Å². The van der Waals surface area contributed by atoms with Crippen LogP contribution >= 0.6 is 11.6 Å². The van der Waals surface area contributed by atoms with Crippen LogP contribution in [0.15, 0.2) is 5.10 Å². The summed E-state index contributed by atoms with van der Waals surface area (Å²) in [5, 5.41) is 18.8. The summed E-state index contributed by atoms with van der Waals surface area (Å²) in [5.41, 5.74) is 2.61. The van der Waals surface area contributed by atoms with E-state index in [0.717, 1.165) is 19.3 Å². The largest absolute Gasteiger partial charge is 0.396 e. The Morgan fingerprint density at radius 3 is 3.07 bits per heavy atom. The van der Waals surface area contributed by atoms with Crippen molar-refractivity contribution in [3.63, 3.8) is 0 Å². The van der Waals surface area contributed by atoms with Gasteiger partial charge in [-0.15, -0.1) is 5.10 Å². The maximum absolute atomic E-state index is 8.50. The topological polar surface area (TPSA) is 86.2 Å². The summed E-state index contributed by atoms with van der Waals surface area (Å²) in [6.45, 7) is 0.220. The third kappa shape index (κ3) is 4.20. The zero-order valence-corrected chi connectivity index (χ0v) is 8.33. The number of aromatic nitrogens is 3. The first kappa shape index (κ1) is 10.9. The van der Waals surface area contributed by atoms with E-state index in [2.05, 4.69) is 25.7 Å². The summed E-state index contributed by atoms with van der Waals surface area (Å²) in [7, 11) is 0. The predicted octanol–water partition coefficient (Wildman–Crippen LogP) is 1.02. The van der Waals surface area contributed by atoms with Crippen molar-refractivity contribution in [2.75, 3.05) is 12.0 Å². The average Bonchev–Trinajstić information content (AvgIpc) is 2.58. The highest BCUT2D eigenvalue weighted by molar-refractivity contribution is 6.28. The molecule has 1 aromatic heterocycles. The van der Waals surface area contributed by atoms with Gasteiger partial charge in [0, 0.05) is 12.8 Å². The van der Waals surface area contributed by atoms with Gasteiger partial charge in [-0.1, -0.05) is 0 Å². The Balaban J connectivity index is 2.14. The van der Waals surface area contributed by atoms with E-state index in [1.54, 1.807) is 6.21 Å². The van der Waals surface area contributed by atoms with Crippen LogP contribution in [0.1, 0.15) is 19.3 Å². The van der Waals surface area contributed by atoms with Gasteiger partial charge in [-0.3, -0.25) is 0 Å². The Kier molecular flexibility index (Phi) is 4.95. The number of rotatable bonds is 6. The normalized spacial score (nSPS) is 11.0. The fraction of sp³-hybridized carbons (Fsp3) is 0.571. The molecule has 7 heteroatoms. The first-order valence-corrected chi connectivity index (χ1v) is 4.67. The summed E-state index contributed by atoms with van der Waals surface area (Å²) in [6.07, 6.45) is 4.22. The van der Waals surface area contributed by atoms with E-state index >= 15 is 0 Å². The van der Waals surface area contributed by atoms with Crippen LogP contribution in [0, 0.1) is 0 Å². The number of aliphatic hydroxyl groups is 1. The maximum Gasteiger partial charge on any atom is 0.263 e. The van der Waals surface area contributed by atoms with Crippen LogP contribution < -0.4 is 5.43 Å². The number of hydrogen-bond acceptors (Lipinski definition) is 5. The molecule has 1 aromatic rings. The van der Waals surface area contributed by atoms with Crippen LogP contribution in [0.5, 0.6) is 0 Å². The number of H-pyrrole nitrogens is 1. The summed E-state index contributed by atoms with van der Waals surface area (Å²) in [5.74, 6) is 0.341. The highest BCUT2D eigenvalue weighted by Gasteiger charge is 1.96. The number of hydrogen-bond donors (Lipinski definition) is 3. The van der Waals surface area contributed by atoms with Crippen molar-refractivity contribution in [2.24, 2.45) is 5.10 Å². The molecule has 0 unspecified atom stereocenters. The van der Waals surface area contributed by atoms with Crippen LogP contribution in [0.3, 0.4) is 0 Å². The van der Waals surface area contributed by atoms with Gasteiger partial charge in [-0.2, -0.15) is 10.1 Å². The first-order chi connectivity index (χ1) is 6.83. The molecule has 1 heterocycles. The highest BCUT2D eigenvalue weighted by atomic mass is 35.5. The second-order valence-corrected chi connectivity index (χ2v) is 2.95. The average molecular weight is 218 g/mol. The van der Waals surface area contributed by atoms with Crippen LogP contribution in [0.25, 0.3) is 0 Å². The number of hydrazone groups is 1. The molecule has 0 saturated heterocycles. The molecule has 3 N–H and O–H groups in total. The van der Waals surface area contributed by atoms with Crippen molar-refractivity contribution in [1.29, 1.82) is 0 Å². The molecule has 1 rings (SSSR count). The fourth-order valence-electron chi connectivity index (χ4n) is 0.807. The molecule has 0 aliphatic heterocycles. The molecule has 0 bridgehead atoms. The van der Waals surface area contributed by atoms with Crippen LogP contribution in [0.2, 0.25) is 5.28 Å². The van der Waals surface area contributed by atoms with Gasteiger partial charge in [0.15, 0.2) is 0 Å². The van der Waals surface area contributed by atoms with Crippen molar-refractivity contribution in [3.8, 4) is 0 Å². The molecule has 0 spiro atoms. The molecular formula is C7H12ClN5O. The molecule has 0 aliphatic carbocycles. The maximum atomic E-state index is 8.50. The zero-order valence-electron chi connectivity index (χ0n) is 7.57. The fourth-order valence-corrected chi connectivity index (χ4v) is 0.930. The number of nitrogens with one attached hydrogen (secondary N) is 2. The third-order valence-corrected chi connectivity index (χ3v) is 1.62. The molecule has 0 fully saturated rings. The molecule has 0 amide bonds. The molecule has 78 valence electrons. The number of aliphatic hydroxyl groups excluding tert-OH is 1. The van der Waals surface area contributed by atoms with Crippen molar-refractivity contribution in [2.45, 2.75) is 19.3 Å². The van der Waals surface area contributed by atoms with Gasteiger partial charge in [0.2, 0.25) is 5.28 Å². The lowest BCUT2D eigenvalue weighted by molar-refractivity contribution is 0.286. The van der Waals surface area contributed by atoms with E-state index in [4.69, 9.17) is 16.7 Å². The molecule has 0 aliphatic rings. The van der Waals surface area contributed by atoms with Gasteiger partial charge < -0.3 is 5.11 Å². The van der Waals surface area contributed by atoms with E-state index in [0.29, 0.717) is 5.95 Å². The lowest BCUT2D eigenvalue weighted by atomic mass is 10.3. The van der Waals surface area contributed by atoms with E-state index in [-0.39, 0.29) is 11.9 Å². The summed E-state index contributed by atoms with van der Waals surface area (Å²) in [4.78, 5) is 3.78. The predicted molar refractivity (Wildman–Crippen MR) is 54.4 cm³/mol. The lowest BCUT2D eigenvalue weighted by Gasteiger charge is -1.92. The number of unbranched alkanes of at least 4 members (excludes halogenated alkanes) is 2. The van der Waals surface area contributed by atoms with E-state index in [1.165, 1.54) is 0 Å². The van der Waals surface area contributed by atoms with Crippen LogP contribution in [-0.4, -0.2) is 33.1 Å². The monoisotopic (exact) mass is 217 g/mol. The highest BCUT2D eigenvalue weighted by Crippen LogP contribution is 2.02. The SMILES string of the molecule is OCCCC/C=N/Nc1n[nH]c(Cl)n1. The molecule has 14 heavy (non-hydrogen) atoms. The third-order valence-electron chi connectivity index (χ3n) is 1.46. The van der Waals surface area contributed by atoms with E-state index in [9.17, 15) is 0 Å². The summed E-state index contributed by atoms with van der Waals surface area (Å²) >= 11 is 5.49. The number of anilines is 1. The molecule has 6 nitrogen and oxygen atoms in total. The smallest absolute Gasteiger partial charge is 0.263 e. The number of aromatic amines is 1. The first-order valence-electron chi connectivity index (χ1n) is 4.29. The Labute approximate surface area is 86.4 Å². The molecule has 0 radical (unpaired) electrons. The lowest BCUT2D eigenvalue weighted by Crippen LogP contribution is -1.92. The van der Waals surface area contributed by atoms with Crippen LogP contribution in [0.4, 0.5) is 5.95 Å². The molecule has 0 aromatic carbocycles. The zero-order chi connectivity index (χ0) is 10.2. The Morgan fingerprint density at radius 1 is 1.57 bits per heavy atom. The minimum Gasteiger partial charge on any atom is -0.396 e. The molecular weight excluding hydrogens is 206 g/mol. The summed E-state index contributed by atoms with van der Waals surface area (Å²) in [6, 6.07) is 0. The Bertz CT molecular complexity index is 287. The standard InChI is InChI=1S/C7H12ClN5O/c8-6-10-7(13-11-6)12-9-4-2-1-3-5-14/h4,14H,1-3,5H2,(H2,10,11,12,13)/b9-4+. The van der Waals surface area contributed by atoms with Gasteiger partial charge in [-0.25, -0.2) is 10.5 Å². The van der Waals surface area contributed by atoms with Gasteiger partial charge in [-0.05, 0) is 30.9 Å². The number of halogens is 1. The van der Waals surface area contributed by atoms with Gasteiger partial charge in [0.1, 0.15) is 0 Å². The second kappa shape index (κ2) is 6.33. The van der Waals surface area contributed by atoms with Crippen molar-refractivity contribution in [3.05, 3.63) is 5.28 Å². The molecule has 0 atom stereocenters. The van der Waals surface area contributed by atoms with Crippen molar-refractivity contribution < 1.29 is 5.11 Å². The minimum atomic E-state index is 0.220. The quantitative estimate of drug-likeness (QED) is 0.377. The van der Waals surface area contributed by atoms with Gasteiger partial charge in [0.25, 0.3) is 5.95 Å². The van der Waals surface area contributed by atoms with Gasteiger partial charge in [0.05, 0.1) is 0 Å². The minimum absolute atomic E-state index is 0.220. The van der Waals surface area contributed by atoms with Gasteiger partial charge >= 0.3 is 0 Å². The molecule has 0 saturated carbocycles. The Hall–Kier alpha value is -1.14. The second-order valence-electron chi connectivity index (χ2n) is 2.59. The summed E-state index contributed by atoms with van der Waals surface area (Å²) < 4.78 is 0. The number of nitrogens with zero attached hydrogens (tertiary/aromatic N) is 3. The van der Waals surface area contributed by atoms with Crippen LogP contribution in [-0.2, 0) is 0 Å². The Morgan fingerprint density at radius 2 is 2.43 bits per heavy atom. The van der Waals surface area contributed by atoms with E-state index in [1.807, 2.05) is 0 Å². The van der Waals surface area contributed by atoms with E-state index < -0.39 is 0 Å². The van der Waals surface area contributed by atoms with Crippen molar-refractivity contribution >= 4 is 23.8 Å².